The summed E-state index contributed by atoms with van der Waals surface area (Å²) in [5.74, 6) is 0.802. The Bertz CT molecular complexity index is 704. The lowest BCUT2D eigenvalue weighted by Crippen LogP contribution is -2.23. The highest BCUT2D eigenvalue weighted by molar-refractivity contribution is 5.69. The molecule has 0 unspecified atom stereocenters. The Hall–Kier alpha value is -2.43. The van der Waals surface area contributed by atoms with E-state index in [-0.39, 0.29) is 11.7 Å². The minimum absolute atomic E-state index is 0.103. The molecule has 0 aliphatic carbocycles. The van der Waals surface area contributed by atoms with E-state index in [1.807, 2.05) is 45.3 Å². The zero-order valence-corrected chi connectivity index (χ0v) is 16.6. The second kappa shape index (κ2) is 10.0. The number of aryl methyl sites for hydroxylation is 1. The summed E-state index contributed by atoms with van der Waals surface area (Å²) in [6, 6.07) is 6.88. The van der Waals surface area contributed by atoms with E-state index in [4.69, 9.17) is 4.74 Å². The number of hydrogen-bond donors (Lipinski definition) is 1. The molecule has 0 fully saturated rings. The van der Waals surface area contributed by atoms with E-state index in [0.29, 0.717) is 12.2 Å². The Morgan fingerprint density at radius 1 is 0.963 bits per heavy atom. The van der Waals surface area contributed by atoms with Gasteiger partial charge in [0, 0.05) is 24.4 Å². The maximum absolute atomic E-state index is 11.6. The van der Waals surface area contributed by atoms with Crippen LogP contribution in [0.3, 0.4) is 0 Å². The minimum atomic E-state index is -0.392. The van der Waals surface area contributed by atoms with Crippen molar-refractivity contribution in [1.29, 1.82) is 0 Å². The third kappa shape index (κ3) is 8.20. The van der Waals surface area contributed by atoms with Gasteiger partial charge in [0.15, 0.2) is 5.82 Å². The van der Waals surface area contributed by atoms with Gasteiger partial charge in [-0.1, -0.05) is 19.3 Å². The molecule has 2 aromatic rings. The number of esters is 1. The van der Waals surface area contributed by atoms with Crippen LogP contribution >= 0.6 is 0 Å². The number of ether oxygens (including phenoxy) is 1. The summed E-state index contributed by atoms with van der Waals surface area (Å²) in [4.78, 5) is 20.5. The van der Waals surface area contributed by atoms with Crippen molar-refractivity contribution < 1.29 is 14.6 Å². The lowest BCUT2D eigenvalue weighted by Gasteiger charge is -2.19. The number of hydrogen-bond acceptors (Lipinski definition) is 5. The highest BCUT2D eigenvalue weighted by atomic mass is 16.6. The Balaban J connectivity index is 1.61. The molecule has 2 rings (SSSR count). The fourth-order valence-corrected chi connectivity index (χ4v) is 2.76. The van der Waals surface area contributed by atoms with Gasteiger partial charge in [-0.2, -0.15) is 0 Å². The molecule has 0 aliphatic rings. The molecule has 0 spiro atoms. The highest BCUT2D eigenvalue weighted by Crippen LogP contribution is 2.18. The van der Waals surface area contributed by atoms with Crippen LogP contribution in [0.4, 0.5) is 0 Å². The zero-order valence-electron chi connectivity index (χ0n) is 16.6. The molecule has 146 valence electrons. The van der Waals surface area contributed by atoms with E-state index in [9.17, 15) is 9.90 Å². The van der Waals surface area contributed by atoms with Crippen LogP contribution in [-0.2, 0) is 16.0 Å². The maximum Gasteiger partial charge on any atom is 0.306 e. The molecule has 0 saturated carbocycles. The molecule has 5 heteroatoms. The van der Waals surface area contributed by atoms with Crippen molar-refractivity contribution >= 4 is 5.97 Å². The minimum Gasteiger partial charge on any atom is -0.508 e. The number of phenolic OH excluding ortho intramolecular Hbond substituents is 1. The van der Waals surface area contributed by atoms with Gasteiger partial charge in [-0.05, 0) is 69.9 Å². The Morgan fingerprint density at radius 3 is 2.19 bits per heavy atom. The van der Waals surface area contributed by atoms with Crippen molar-refractivity contribution in [3.05, 3.63) is 42.2 Å². The molecule has 1 N–H and O–H groups in total. The highest BCUT2D eigenvalue weighted by Gasteiger charge is 2.15. The Kier molecular flexibility index (Phi) is 7.77. The predicted octanol–water partition coefficient (Wildman–Crippen LogP) is 5.07. The number of rotatable bonds is 9. The average molecular weight is 370 g/mol. The molecule has 1 aromatic heterocycles. The first-order valence-corrected chi connectivity index (χ1v) is 9.66. The van der Waals surface area contributed by atoms with E-state index in [2.05, 4.69) is 9.97 Å². The molecule has 0 saturated heterocycles. The van der Waals surface area contributed by atoms with Gasteiger partial charge in [0.2, 0.25) is 0 Å². The van der Waals surface area contributed by atoms with Gasteiger partial charge in [0.05, 0.1) is 0 Å². The third-order valence-electron chi connectivity index (χ3n) is 4.10. The zero-order chi connectivity index (χ0) is 19.7. The number of nitrogens with zero attached hydrogens (tertiary/aromatic N) is 2. The molecule has 1 aromatic carbocycles. The average Bonchev–Trinajstić information content (AvgIpc) is 2.61. The van der Waals surface area contributed by atoms with E-state index < -0.39 is 5.60 Å². The summed E-state index contributed by atoms with van der Waals surface area (Å²) in [7, 11) is 0. The van der Waals surface area contributed by atoms with E-state index in [0.717, 1.165) is 49.7 Å². The van der Waals surface area contributed by atoms with Gasteiger partial charge in [0.1, 0.15) is 11.4 Å². The standard InChI is InChI=1S/C22H30N2O3/c1-22(2,3)27-20(26)10-8-6-4-5-7-9-17-15-23-21(24-16-17)18-11-13-19(25)14-12-18/h11-16,25H,4-10H2,1-3H3. The lowest BCUT2D eigenvalue weighted by atomic mass is 10.1. The summed E-state index contributed by atoms with van der Waals surface area (Å²) < 4.78 is 5.31. The van der Waals surface area contributed by atoms with Crippen LogP contribution in [0.1, 0.15) is 64.9 Å². The summed E-state index contributed by atoms with van der Waals surface area (Å²) in [6.07, 6.45) is 10.5. The van der Waals surface area contributed by atoms with Crippen molar-refractivity contribution in [2.45, 2.75) is 71.3 Å². The molecule has 0 radical (unpaired) electrons. The van der Waals surface area contributed by atoms with E-state index in [1.54, 1.807) is 12.1 Å². The van der Waals surface area contributed by atoms with Crippen LogP contribution in [0.15, 0.2) is 36.7 Å². The molecule has 0 aliphatic heterocycles. The second-order valence-corrected chi connectivity index (χ2v) is 7.82. The summed E-state index contributed by atoms with van der Waals surface area (Å²) in [5, 5.41) is 9.33. The molecule has 5 nitrogen and oxygen atoms in total. The number of benzene rings is 1. The second-order valence-electron chi connectivity index (χ2n) is 7.82. The first kappa shape index (κ1) is 20.9. The summed E-state index contributed by atoms with van der Waals surface area (Å²) in [6.45, 7) is 5.68. The molecule has 0 bridgehead atoms. The number of unbranched alkanes of at least 4 members (excludes halogenated alkanes) is 4. The van der Waals surface area contributed by atoms with Gasteiger partial charge in [0.25, 0.3) is 0 Å². The first-order chi connectivity index (χ1) is 12.8. The Labute approximate surface area is 161 Å². The van der Waals surface area contributed by atoms with Crippen molar-refractivity contribution in [1.82, 2.24) is 9.97 Å². The normalized spacial score (nSPS) is 11.4. The van der Waals surface area contributed by atoms with Crippen molar-refractivity contribution in [3.8, 4) is 17.1 Å². The number of aromatic nitrogens is 2. The molecular weight excluding hydrogens is 340 g/mol. The number of carbonyl (C=O) groups excluding carboxylic acids is 1. The first-order valence-electron chi connectivity index (χ1n) is 9.66. The molecule has 1 heterocycles. The fraction of sp³-hybridized carbons (Fsp3) is 0.500. The lowest BCUT2D eigenvalue weighted by molar-refractivity contribution is -0.154. The van der Waals surface area contributed by atoms with Gasteiger partial charge >= 0.3 is 5.97 Å². The van der Waals surface area contributed by atoms with E-state index in [1.165, 1.54) is 0 Å². The topological polar surface area (TPSA) is 72.3 Å². The molecule has 0 atom stereocenters. The number of aromatic hydroxyl groups is 1. The summed E-state index contributed by atoms with van der Waals surface area (Å²) in [5.41, 5.74) is 1.63. The summed E-state index contributed by atoms with van der Waals surface area (Å²) >= 11 is 0. The van der Waals surface area contributed by atoms with E-state index >= 15 is 0 Å². The van der Waals surface area contributed by atoms with Crippen molar-refractivity contribution in [2.75, 3.05) is 0 Å². The van der Waals surface area contributed by atoms with Crippen LogP contribution < -0.4 is 0 Å². The number of phenols is 1. The quantitative estimate of drug-likeness (QED) is 0.492. The predicted molar refractivity (Wildman–Crippen MR) is 106 cm³/mol. The van der Waals surface area contributed by atoms with Crippen LogP contribution in [0.2, 0.25) is 0 Å². The van der Waals surface area contributed by atoms with Gasteiger partial charge in [-0.15, -0.1) is 0 Å². The van der Waals surface area contributed by atoms with Crippen LogP contribution in [0.25, 0.3) is 11.4 Å². The molecule has 0 amide bonds. The van der Waals surface area contributed by atoms with Gasteiger partial charge in [-0.3, -0.25) is 4.79 Å². The van der Waals surface area contributed by atoms with Gasteiger partial charge in [-0.25, -0.2) is 9.97 Å². The SMILES string of the molecule is CC(C)(C)OC(=O)CCCCCCCc1cnc(-c2ccc(O)cc2)nc1. The van der Waals surface area contributed by atoms with Crippen LogP contribution in [0.5, 0.6) is 5.75 Å². The van der Waals surface area contributed by atoms with Crippen LogP contribution in [-0.4, -0.2) is 26.6 Å². The monoisotopic (exact) mass is 370 g/mol. The number of carbonyl (C=O) groups is 1. The Morgan fingerprint density at radius 2 is 1.56 bits per heavy atom. The van der Waals surface area contributed by atoms with Crippen LogP contribution in [0, 0.1) is 0 Å². The third-order valence-corrected chi connectivity index (χ3v) is 4.10. The van der Waals surface area contributed by atoms with Gasteiger partial charge < -0.3 is 9.84 Å². The largest absolute Gasteiger partial charge is 0.508 e. The van der Waals surface area contributed by atoms with Crippen molar-refractivity contribution in [3.63, 3.8) is 0 Å². The smallest absolute Gasteiger partial charge is 0.306 e. The molecule has 27 heavy (non-hydrogen) atoms. The molecular formula is C22H30N2O3. The fourth-order valence-electron chi connectivity index (χ4n) is 2.76. The van der Waals surface area contributed by atoms with Crippen molar-refractivity contribution in [2.24, 2.45) is 0 Å². The maximum atomic E-state index is 11.6.